The average molecular weight is 322 g/mol. The second kappa shape index (κ2) is 5.69. The molecule has 2 aromatic rings. The summed E-state index contributed by atoms with van der Waals surface area (Å²) >= 11 is 0. The van der Waals surface area contributed by atoms with Crippen LogP contribution in [0.25, 0.3) is 0 Å². The Labute approximate surface area is 129 Å². The Bertz CT molecular complexity index is 738. The molecule has 1 N–H and O–H groups in total. The summed E-state index contributed by atoms with van der Waals surface area (Å²) in [5.41, 5.74) is 1.05. The summed E-state index contributed by atoms with van der Waals surface area (Å²) in [4.78, 5) is 4.37. The van der Waals surface area contributed by atoms with Gasteiger partial charge in [-0.15, -0.1) is 0 Å². The third-order valence-electron chi connectivity index (χ3n) is 3.69. The van der Waals surface area contributed by atoms with E-state index < -0.39 is 10.0 Å². The van der Waals surface area contributed by atoms with E-state index >= 15 is 0 Å². The van der Waals surface area contributed by atoms with Crippen LogP contribution in [0.4, 0.5) is 0 Å². The second-order valence-corrected chi connectivity index (χ2v) is 7.20. The van der Waals surface area contributed by atoms with Crippen LogP contribution >= 0.6 is 0 Å². The molecule has 3 heterocycles. The van der Waals surface area contributed by atoms with Gasteiger partial charge in [0.1, 0.15) is 11.0 Å². The monoisotopic (exact) mass is 322 g/mol. The normalized spacial score (nSPS) is 19.5. The van der Waals surface area contributed by atoms with Gasteiger partial charge in [0.25, 0.3) is 0 Å². The van der Waals surface area contributed by atoms with Crippen molar-refractivity contribution in [1.29, 1.82) is 0 Å². The molecule has 1 fully saturated rings. The lowest BCUT2D eigenvalue weighted by atomic mass is 10.3. The standard InChI is InChI=1S/C14H18N4O3S/c1-10-14(11(2)17-16-10)22(19,20)18-8-6-12(9-18)21-13-5-3-4-7-15-13/h3-5,7,12H,6,8-9H2,1-2H3,(H,16,17). The first-order valence-corrected chi connectivity index (χ1v) is 8.52. The number of hydrogen-bond acceptors (Lipinski definition) is 5. The summed E-state index contributed by atoms with van der Waals surface area (Å²) in [6.45, 7) is 4.16. The first kappa shape index (κ1) is 15.0. The van der Waals surface area contributed by atoms with Crippen molar-refractivity contribution in [2.75, 3.05) is 13.1 Å². The van der Waals surface area contributed by atoms with E-state index in [-0.39, 0.29) is 11.0 Å². The number of aromatic nitrogens is 3. The van der Waals surface area contributed by atoms with Crippen molar-refractivity contribution in [3.63, 3.8) is 0 Å². The molecule has 1 unspecified atom stereocenters. The van der Waals surface area contributed by atoms with Crippen molar-refractivity contribution in [3.05, 3.63) is 35.8 Å². The number of aromatic amines is 1. The molecule has 22 heavy (non-hydrogen) atoms. The molecule has 8 heteroatoms. The van der Waals surface area contributed by atoms with Crippen molar-refractivity contribution in [2.24, 2.45) is 0 Å². The van der Waals surface area contributed by atoms with Crippen LogP contribution in [0.1, 0.15) is 17.8 Å². The van der Waals surface area contributed by atoms with E-state index in [1.165, 1.54) is 4.31 Å². The minimum atomic E-state index is -3.54. The number of hydrogen-bond donors (Lipinski definition) is 1. The third-order valence-corrected chi connectivity index (χ3v) is 5.82. The maximum absolute atomic E-state index is 12.7. The first-order valence-electron chi connectivity index (χ1n) is 7.08. The highest BCUT2D eigenvalue weighted by atomic mass is 32.2. The summed E-state index contributed by atoms with van der Waals surface area (Å²) in [7, 11) is -3.54. The lowest BCUT2D eigenvalue weighted by Crippen LogP contribution is -2.31. The number of rotatable bonds is 4. The Balaban J connectivity index is 1.75. The third kappa shape index (κ3) is 2.71. The van der Waals surface area contributed by atoms with Gasteiger partial charge in [0, 0.05) is 18.8 Å². The van der Waals surface area contributed by atoms with Crippen LogP contribution in [0, 0.1) is 13.8 Å². The van der Waals surface area contributed by atoms with Crippen LogP contribution in [0.15, 0.2) is 29.3 Å². The molecule has 0 bridgehead atoms. The van der Waals surface area contributed by atoms with Gasteiger partial charge in [-0.3, -0.25) is 5.10 Å². The molecule has 3 rings (SSSR count). The van der Waals surface area contributed by atoms with Gasteiger partial charge in [0.05, 0.1) is 17.9 Å². The van der Waals surface area contributed by atoms with Crippen LogP contribution in [0.5, 0.6) is 5.88 Å². The SMILES string of the molecule is Cc1n[nH]c(C)c1S(=O)(=O)N1CCC(Oc2ccccn2)C1. The lowest BCUT2D eigenvalue weighted by molar-refractivity contribution is 0.207. The van der Waals surface area contributed by atoms with Crippen LogP contribution in [0.2, 0.25) is 0 Å². The van der Waals surface area contributed by atoms with Gasteiger partial charge >= 0.3 is 0 Å². The molecule has 0 spiro atoms. The minimum Gasteiger partial charge on any atom is -0.473 e. The fraction of sp³-hybridized carbons (Fsp3) is 0.429. The van der Waals surface area contributed by atoms with E-state index in [0.717, 1.165) is 0 Å². The van der Waals surface area contributed by atoms with Crippen LogP contribution < -0.4 is 4.74 Å². The van der Waals surface area contributed by atoms with Gasteiger partial charge in [0.2, 0.25) is 15.9 Å². The number of pyridine rings is 1. The molecule has 0 aliphatic carbocycles. The van der Waals surface area contributed by atoms with Crippen LogP contribution in [-0.4, -0.2) is 47.1 Å². The molecule has 1 saturated heterocycles. The van der Waals surface area contributed by atoms with Crippen molar-refractivity contribution in [1.82, 2.24) is 19.5 Å². The van der Waals surface area contributed by atoms with Crippen LogP contribution in [-0.2, 0) is 10.0 Å². The van der Waals surface area contributed by atoms with E-state index in [1.54, 1.807) is 26.1 Å². The Morgan fingerprint density at radius 2 is 2.18 bits per heavy atom. The number of sulfonamides is 1. The summed E-state index contributed by atoms with van der Waals surface area (Å²) < 4.78 is 32.6. The molecular weight excluding hydrogens is 304 g/mol. The van der Waals surface area contributed by atoms with E-state index in [9.17, 15) is 8.42 Å². The molecule has 0 aromatic carbocycles. The Morgan fingerprint density at radius 1 is 1.36 bits per heavy atom. The number of nitrogens with zero attached hydrogens (tertiary/aromatic N) is 3. The van der Waals surface area contributed by atoms with Gasteiger partial charge in [-0.05, 0) is 26.3 Å². The van der Waals surface area contributed by atoms with Gasteiger partial charge in [0.15, 0.2) is 0 Å². The van der Waals surface area contributed by atoms with E-state index in [1.807, 2.05) is 12.1 Å². The summed E-state index contributed by atoms with van der Waals surface area (Å²) in [6, 6.07) is 5.41. The molecule has 118 valence electrons. The first-order chi connectivity index (χ1) is 10.5. The zero-order valence-corrected chi connectivity index (χ0v) is 13.3. The van der Waals surface area contributed by atoms with Crippen molar-refractivity contribution < 1.29 is 13.2 Å². The Hall–Kier alpha value is -1.93. The summed E-state index contributed by atoms with van der Waals surface area (Å²) in [5.74, 6) is 0.516. The molecule has 0 saturated carbocycles. The van der Waals surface area contributed by atoms with Crippen molar-refractivity contribution in [3.8, 4) is 5.88 Å². The largest absolute Gasteiger partial charge is 0.473 e. The van der Waals surface area contributed by atoms with Crippen molar-refractivity contribution in [2.45, 2.75) is 31.3 Å². The molecule has 7 nitrogen and oxygen atoms in total. The summed E-state index contributed by atoms with van der Waals surface area (Å²) in [5, 5.41) is 6.69. The fourth-order valence-corrected chi connectivity index (χ4v) is 4.47. The fourth-order valence-electron chi connectivity index (χ4n) is 2.65. The molecule has 2 aromatic heterocycles. The van der Waals surface area contributed by atoms with E-state index in [4.69, 9.17) is 4.74 Å². The summed E-state index contributed by atoms with van der Waals surface area (Å²) in [6.07, 6.45) is 2.11. The highest BCUT2D eigenvalue weighted by molar-refractivity contribution is 7.89. The maximum atomic E-state index is 12.7. The highest BCUT2D eigenvalue weighted by Crippen LogP contribution is 2.26. The quantitative estimate of drug-likeness (QED) is 0.915. The zero-order chi connectivity index (χ0) is 15.7. The van der Waals surface area contributed by atoms with E-state index in [0.29, 0.717) is 36.8 Å². The zero-order valence-electron chi connectivity index (χ0n) is 12.5. The molecule has 1 atom stereocenters. The smallest absolute Gasteiger partial charge is 0.246 e. The molecule has 0 radical (unpaired) electrons. The Morgan fingerprint density at radius 3 is 2.82 bits per heavy atom. The molecule has 1 aliphatic heterocycles. The van der Waals surface area contributed by atoms with Gasteiger partial charge in [-0.2, -0.15) is 9.40 Å². The maximum Gasteiger partial charge on any atom is 0.246 e. The number of H-pyrrole nitrogens is 1. The number of aryl methyl sites for hydroxylation is 2. The average Bonchev–Trinajstić information content (AvgIpc) is 3.08. The second-order valence-electron chi connectivity index (χ2n) is 5.32. The topological polar surface area (TPSA) is 88.2 Å². The lowest BCUT2D eigenvalue weighted by Gasteiger charge is -2.17. The van der Waals surface area contributed by atoms with Gasteiger partial charge < -0.3 is 4.74 Å². The van der Waals surface area contributed by atoms with Crippen molar-refractivity contribution >= 4 is 10.0 Å². The highest BCUT2D eigenvalue weighted by Gasteiger charge is 2.36. The van der Waals surface area contributed by atoms with Gasteiger partial charge in [-0.25, -0.2) is 13.4 Å². The predicted octanol–water partition coefficient (Wildman–Crippen LogP) is 1.26. The molecular formula is C14H18N4O3S. The number of nitrogens with one attached hydrogen (secondary N) is 1. The van der Waals surface area contributed by atoms with Crippen LogP contribution in [0.3, 0.4) is 0 Å². The Kier molecular flexibility index (Phi) is 3.88. The molecule has 1 aliphatic rings. The minimum absolute atomic E-state index is 0.183. The predicted molar refractivity (Wildman–Crippen MR) is 80.1 cm³/mol. The van der Waals surface area contributed by atoms with Gasteiger partial charge in [-0.1, -0.05) is 6.07 Å². The van der Waals surface area contributed by atoms with E-state index in [2.05, 4.69) is 15.2 Å². The number of ether oxygens (including phenoxy) is 1. The molecule has 0 amide bonds.